The van der Waals surface area contributed by atoms with Crippen molar-refractivity contribution in [3.05, 3.63) is 41.5 Å². The van der Waals surface area contributed by atoms with Gasteiger partial charge in [-0.3, -0.25) is 0 Å². The Balaban J connectivity index is 2.61. The van der Waals surface area contributed by atoms with Crippen molar-refractivity contribution in [2.45, 2.75) is 26.7 Å². The first kappa shape index (κ1) is 13.5. The number of aromatic nitrogens is 2. The number of rotatable bonds is 3. The van der Waals surface area contributed by atoms with Gasteiger partial charge in [-0.1, -0.05) is 26.0 Å². The van der Waals surface area contributed by atoms with Gasteiger partial charge in [0, 0.05) is 24.6 Å². The van der Waals surface area contributed by atoms with Crippen LogP contribution in [0.4, 0.5) is 10.2 Å². The predicted octanol–water partition coefficient (Wildman–Crippen LogP) is 3.76. The van der Waals surface area contributed by atoms with Gasteiger partial charge in [-0.25, -0.2) is 14.4 Å². The zero-order chi connectivity index (χ0) is 14.0. The number of hydrogen-bond acceptors (Lipinski definition) is 3. The Morgan fingerprint density at radius 1 is 1.21 bits per heavy atom. The molecule has 1 N–H and O–H groups in total. The zero-order valence-electron chi connectivity index (χ0n) is 11.7. The van der Waals surface area contributed by atoms with Crippen molar-refractivity contribution in [2.24, 2.45) is 0 Å². The Morgan fingerprint density at radius 2 is 1.95 bits per heavy atom. The molecular weight excluding hydrogens is 241 g/mol. The number of halogens is 1. The lowest BCUT2D eigenvalue weighted by Gasteiger charge is -2.11. The van der Waals surface area contributed by atoms with E-state index in [0.717, 1.165) is 22.9 Å². The van der Waals surface area contributed by atoms with E-state index in [1.54, 1.807) is 13.0 Å². The third-order valence-corrected chi connectivity index (χ3v) is 3.06. The van der Waals surface area contributed by atoms with Gasteiger partial charge < -0.3 is 5.32 Å². The minimum atomic E-state index is -0.215. The van der Waals surface area contributed by atoms with Gasteiger partial charge in [0.05, 0.1) is 5.69 Å². The van der Waals surface area contributed by atoms with Crippen LogP contribution >= 0.6 is 0 Å². The normalized spacial score (nSPS) is 10.8. The maximum Gasteiger partial charge on any atom is 0.133 e. The molecule has 0 aliphatic heterocycles. The number of benzene rings is 1. The summed E-state index contributed by atoms with van der Waals surface area (Å²) >= 11 is 0. The fourth-order valence-corrected chi connectivity index (χ4v) is 1.88. The van der Waals surface area contributed by atoms with Crippen molar-refractivity contribution in [3.63, 3.8) is 0 Å². The van der Waals surface area contributed by atoms with Crippen LogP contribution < -0.4 is 5.32 Å². The number of hydrogen-bond donors (Lipinski definition) is 1. The van der Waals surface area contributed by atoms with Crippen LogP contribution in [0.2, 0.25) is 0 Å². The molecule has 1 heterocycles. The first-order chi connectivity index (χ1) is 9.02. The highest BCUT2D eigenvalue weighted by Crippen LogP contribution is 2.26. The molecule has 0 unspecified atom stereocenters. The molecule has 3 nitrogen and oxygen atoms in total. The fourth-order valence-electron chi connectivity index (χ4n) is 1.88. The van der Waals surface area contributed by atoms with Gasteiger partial charge in [-0.05, 0) is 18.6 Å². The zero-order valence-corrected chi connectivity index (χ0v) is 11.7. The van der Waals surface area contributed by atoms with Crippen LogP contribution in [0.3, 0.4) is 0 Å². The van der Waals surface area contributed by atoms with E-state index in [-0.39, 0.29) is 11.7 Å². The van der Waals surface area contributed by atoms with Crippen molar-refractivity contribution in [3.8, 4) is 11.3 Å². The lowest BCUT2D eigenvalue weighted by molar-refractivity contribution is 0.619. The average Bonchev–Trinajstić information content (AvgIpc) is 2.41. The van der Waals surface area contributed by atoms with E-state index in [1.165, 1.54) is 6.07 Å². The molecular formula is C15H18FN3. The summed E-state index contributed by atoms with van der Waals surface area (Å²) in [5.74, 6) is 1.51. The van der Waals surface area contributed by atoms with Crippen molar-refractivity contribution in [1.29, 1.82) is 0 Å². The summed E-state index contributed by atoms with van der Waals surface area (Å²) < 4.78 is 13.6. The van der Waals surface area contributed by atoms with Crippen LogP contribution in [0.1, 0.15) is 31.2 Å². The fraction of sp³-hybridized carbons (Fsp3) is 0.333. The Labute approximate surface area is 112 Å². The minimum absolute atomic E-state index is 0.215. The molecule has 0 saturated carbocycles. The largest absolute Gasteiger partial charge is 0.373 e. The second-order valence-corrected chi connectivity index (χ2v) is 4.81. The topological polar surface area (TPSA) is 37.8 Å². The summed E-state index contributed by atoms with van der Waals surface area (Å²) in [6.07, 6.45) is 0. The summed E-state index contributed by atoms with van der Waals surface area (Å²) in [4.78, 5) is 8.95. The van der Waals surface area contributed by atoms with Gasteiger partial charge in [0.2, 0.25) is 0 Å². The molecule has 0 saturated heterocycles. The first-order valence-corrected chi connectivity index (χ1v) is 6.35. The molecule has 2 rings (SSSR count). The lowest BCUT2D eigenvalue weighted by atomic mass is 10.0. The van der Waals surface area contributed by atoms with Crippen LogP contribution in [0.5, 0.6) is 0 Å². The molecule has 0 amide bonds. The molecule has 2 aromatic rings. The van der Waals surface area contributed by atoms with E-state index in [9.17, 15) is 4.39 Å². The maximum atomic E-state index is 13.6. The van der Waals surface area contributed by atoms with Crippen molar-refractivity contribution in [2.75, 3.05) is 12.4 Å². The van der Waals surface area contributed by atoms with Crippen molar-refractivity contribution in [1.82, 2.24) is 9.97 Å². The third kappa shape index (κ3) is 2.72. The molecule has 0 fully saturated rings. The van der Waals surface area contributed by atoms with Gasteiger partial charge in [-0.15, -0.1) is 0 Å². The molecule has 1 aromatic carbocycles. The van der Waals surface area contributed by atoms with E-state index in [1.807, 2.05) is 33.0 Å². The summed E-state index contributed by atoms with van der Waals surface area (Å²) in [5, 5.41) is 3.02. The van der Waals surface area contributed by atoms with Crippen LogP contribution in [-0.4, -0.2) is 17.0 Å². The van der Waals surface area contributed by atoms with Gasteiger partial charge in [0.15, 0.2) is 0 Å². The first-order valence-electron chi connectivity index (χ1n) is 6.35. The van der Waals surface area contributed by atoms with E-state index in [0.29, 0.717) is 5.56 Å². The maximum absolute atomic E-state index is 13.6. The molecule has 1 aromatic heterocycles. The van der Waals surface area contributed by atoms with Crippen LogP contribution in [-0.2, 0) is 0 Å². The minimum Gasteiger partial charge on any atom is -0.373 e. The summed E-state index contributed by atoms with van der Waals surface area (Å²) in [7, 11) is 1.81. The van der Waals surface area contributed by atoms with Crippen LogP contribution in [0.15, 0.2) is 24.3 Å². The van der Waals surface area contributed by atoms with E-state index >= 15 is 0 Å². The SMILES string of the molecule is CNc1cc(-c2cccc(F)c2C)nc(C(C)C)n1. The van der Waals surface area contributed by atoms with Crippen LogP contribution in [0.25, 0.3) is 11.3 Å². The molecule has 0 aliphatic carbocycles. The Kier molecular flexibility index (Phi) is 3.79. The smallest absolute Gasteiger partial charge is 0.133 e. The molecule has 4 heteroatoms. The van der Waals surface area contributed by atoms with E-state index < -0.39 is 0 Å². The second-order valence-electron chi connectivity index (χ2n) is 4.81. The monoisotopic (exact) mass is 259 g/mol. The number of nitrogens with one attached hydrogen (secondary N) is 1. The molecule has 0 spiro atoms. The van der Waals surface area contributed by atoms with Gasteiger partial charge in [0.1, 0.15) is 17.5 Å². The third-order valence-electron chi connectivity index (χ3n) is 3.06. The van der Waals surface area contributed by atoms with Crippen molar-refractivity contribution >= 4 is 5.82 Å². The molecule has 100 valence electrons. The van der Waals surface area contributed by atoms with Gasteiger partial charge in [0.25, 0.3) is 0 Å². The number of nitrogens with zero attached hydrogens (tertiary/aromatic N) is 2. The highest BCUT2D eigenvalue weighted by molar-refractivity contribution is 5.66. The van der Waals surface area contributed by atoms with Gasteiger partial charge in [-0.2, -0.15) is 0 Å². The molecule has 0 atom stereocenters. The highest BCUT2D eigenvalue weighted by atomic mass is 19.1. The standard InChI is InChI=1S/C15H18FN3/c1-9(2)15-18-13(8-14(17-4)19-15)11-6-5-7-12(16)10(11)3/h5-9H,1-4H3,(H,17,18,19). The Bertz CT molecular complexity index is 594. The van der Waals surface area contributed by atoms with Crippen LogP contribution in [0, 0.1) is 12.7 Å². The molecule has 19 heavy (non-hydrogen) atoms. The molecule has 0 aliphatic rings. The quantitative estimate of drug-likeness (QED) is 0.912. The van der Waals surface area contributed by atoms with E-state index in [2.05, 4.69) is 15.3 Å². The highest BCUT2D eigenvalue weighted by Gasteiger charge is 2.12. The Hall–Kier alpha value is -1.97. The number of anilines is 1. The van der Waals surface area contributed by atoms with E-state index in [4.69, 9.17) is 0 Å². The predicted molar refractivity (Wildman–Crippen MR) is 75.8 cm³/mol. The second kappa shape index (κ2) is 5.34. The lowest BCUT2D eigenvalue weighted by Crippen LogP contribution is -2.04. The summed E-state index contributed by atoms with van der Waals surface area (Å²) in [5.41, 5.74) is 2.17. The molecule has 0 radical (unpaired) electrons. The Morgan fingerprint density at radius 3 is 2.58 bits per heavy atom. The molecule has 0 bridgehead atoms. The van der Waals surface area contributed by atoms with Gasteiger partial charge >= 0.3 is 0 Å². The van der Waals surface area contributed by atoms with Crippen molar-refractivity contribution < 1.29 is 4.39 Å². The summed E-state index contributed by atoms with van der Waals surface area (Å²) in [6, 6.07) is 6.88. The average molecular weight is 259 g/mol. The summed E-state index contributed by atoms with van der Waals surface area (Å²) in [6.45, 7) is 5.84.